The second kappa shape index (κ2) is 26.0. The van der Waals surface area contributed by atoms with Crippen LogP contribution in [-0.4, -0.2) is 177 Å². The Bertz CT molecular complexity index is 3480. The number of rotatable bonds is 16. The highest BCUT2D eigenvalue weighted by molar-refractivity contribution is 5.98. The van der Waals surface area contributed by atoms with E-state index in [2.05, 4.69) is 0 Å². The molecule has 0 aromatic heterocycles. The van der Waals surface area contributed by atoms with Gasteiger partial charge >= 0.3 is 59.7 Å². The second-order valence-corrected chi connectivity index (χ2v) is 25.5. The lowest BCUT2D eigenvalue weighted by Crippen LogP contribution is -2.85. The Morgan fingerprint density at radius 2 is 0.763 bits per heavy atom. The van der Waals surface area contributed by atoms with Crippen molar-refractivity contribution in [1.29, 1.82) is 0 Å². The normalized spacial score (nSPS) is 33.9. The predicted octanol–water partition coefficient (Wildman–Crippen LogP) is 4.61. The van der Waals surface area contributed by atoms with Crippen LogP contribution in [0.3, 0.4) is 0 Å². The standard InChI is InChI=1S/C37H40O13.C30H36O13/c1-21(38)45-20-36-30(48-27(41)18-17-24-13-9-7-10-14-24)26(46-22(2)39)19-35(6,44)37(36)31(47-23(3)40)28(34(4,5)50-37)29(42)32(36)49-33(43)25-15-11-8-12-16-25;1-15(31)38-14-29-23(40-17(3)33)20(39-16(2)32)13-28(7,37)30(29)24(41-18(4)34)21(27(5,6)43-30)22(35)25(29)42-26(36)19-11-9-8-10-12-19/h7-18,26,28,30-32,44H,19-20H2,1-6H3;8-12,20-21,23-25,37H,13-14H2,1-7H3/b18-17+;. The van der Waals surface area contributed by atoms with E-state index in [9.17, 15) is 67.7 Å². The number of benzene rings is 3. The third-order valence-corrected chi connectivity index (χ3v) is 18.2. The lowest BCUT2D eigenvalue weighted by molar-refractivity contribution is -0.350. The van der Waals surface area contributed by atoms with Crippen molar-refractivity contribution in [2.75, 3.05) is 13.2 Å². The molecular formula is C67H76O26. The number of hydrogen-bond acceptors (Lipinski definition) is 26. The summed E-state index contributed by atoms with van der Waals surface area (Å²) in [7, 11) is 0. The van der Waals surface area contributed by atoms with Crippen LogP contribution in [0.2, 0.25) is 0 Å². The van der Waals surface area contributed by atoms with Crippen LogP contribution in [0.15, 0.2) is 97.1 Å². The Labute approximate surface area is 535 Å². The van der Waals surface area contributed by atoms with E-state index in [4.69, 9.17) is 56.8 Å². The number of hydrogen-bond donors (Lipinski definition) is 2. The number of aliphatic hydroxyl groups is 2. The van der Waals surface area contributed by atoms with Gasteiger partial charge in [-0.05, 0) is 77.4 Å². The minimum atomic E-state index is -2.39. The Kier molecular flexibility index (Phi) is 19.6. The second-order valence-electron chi connectivity index (χ2n) is 25.5. The zero-order valence-electron chi connectivity index (χ0n) is 53.6. The van der Waals surface area contributed by atoms with Crippen LogP contribution < -0.4 is 0 Å². The van der Waals surface area contributed by atoms with Crippen molar-refractivity contribution in [3.05, 3.63) is 114 Å². The van der Waals surface area contributed by atoms with Gasteiger partial charge in [0.25, 0.3) is 0 Å². The molecule has 4 saturated carbocycles. The molecule has 6 fully saturated rings. The van der Waals surface area contributed by atoms with Gasteiger partial charge in [0.1, 0.15) is 48.5 Å². The summed E-state index contributed by atoms with van der Waals surface area (Å²) < 4.78 is 71.0. The van der Waals surface area contributed by atoms with Crippen molar-refractivity contribution in [2.24, 2.45) is 22.7 Å². The maximum atomic E-state index is 14.9. The van der Waals surface area contributed by atoms with E-state index in [-0.39, 0.29) is 11.1 Å². The summed E-state index contributed by atoms with van der Waals surface area (Å²) in [6.07, 6.45) is -11.9. The number of carbonyl (C=O) groups excluding carboxylic acids is 12. The van der Waals surface area contributed by atoms with E-state index >= 15 is 0 Å². The summed E-state index contributed by atoms with van der Waals surface area (Å²) in [4.78, 5) is 158. The first-order chi connectivity index (χ1) is 43.4. The summed E-state index contributed by atoms with van der Waals surface area (Å²) in [5, 5.41) is 24.9. The maximum absolute atomic E-state index is 14.9. The topological polar surface area (TPSA) is 356 Å². The summed E-state index contributed by atoms with van der Waals surface area (Å²) in [6, 6.07) is 24.2. The van der Waals surface area contributed by atoms with E-state index in [1.54, 1.807) is 66.7 Å². The highest BCUT2D eigenvalue weighted by atomic mass is 16.7. The predicted molar refractivity (Wildman–Crippen MR) is 316 cm³/mol. The van der Waals surface area contributed by atoms with Crippen LogP contribution in [0.25, 0.3) is 6.08 Å². The van der Waals surface area contributed by atoms with Crippen LogP contribution in [0.1, 0.15) is 129 Å². The molecule has 26 heteroatoms. The van der Waals surface area contributed by atoms with Gasteiger partial charge < -0.3 is 67.1 Å². The molecule has 2 saturated heterocycles. The molecule has 3 aromatic carbocycles. The van der Waals surface area contributed by atoms with Crippen molar-refractivity contribution < 1.29 is 125 Å². The molecule has 2 aliphatic heterocycles. The molecule has 2 spiro atoms. The molecule has 3 aromatic rings. The van der Waals surface area contributed by atoms with Gasteiger partial charge in [0.2, 0.25) is 0 Å². The quantitative estimate of drug-likeness (QED) is 0.112. The summed E-state index contributed by atoms with van der Waals surface area (Å²) in [5.41, 5.74) is -15.8. The molecular weight excluding hydrogens is 1220 g/mol. The van der Waals surface area contributed by atoms with Crippen LogP contribution in [0, 0.1) is 22.7 Å². The Morgan fingerprint density at radius 1 is 0.441 bits per heavy atom. The van der Waals surface area contributed by atoms with Crippen molar-refractivity contribution in [3.63, 3.8) is 0 Å². The van der Waals surface area contributed by atoms with Gasteiger partial charge in [-0.3, -0.25) is 43.2 Å². The van der Waals surface area contributed by atoms with E-state index in [1.807, 2.05) is 0 Å². The zero-order chi connectivity index (χ0) is 68.8. The molecule has 2 heterocycles. The van der Waals surface area contributed by atoms with E-state index in [1.165, 1.54) is 71.9 Å². The SMILES string of the molecule is CC(=O)OCC12C(OC(=O)c3ccccc3)C(=O)C3C(OC(C)=O)C1(OC3(C)C)C(C)(O)CC(OC(C)=O)C2OC(=O)/C=C/c1ccccc1.CC(=O)OCC12C(OC(=O)c3ccccc3)C(=O)C3C(OC(C)=O)C1(OC3(C)C)C(C)(O)CC(OC(C)=O)C2OC(C)=O. The van der Waals surface area contributed by atoms with E-state index in [0.29, 0.717) is 5.56 Å². The van der Waals surface area contributed by atoms with Crippen LogP contribution in [0.4, 0.5) is 0 Å². The summed E-state index contributed by atoms with van der Waals surface area (Å²) in [5.74, 6) is -13.1. The average Bonchev–Trinajstić information content (AvgIpc) is 1.57. The fraction of sp³-hybridized carbons (Fsp3) is 0.522. The van der Waals surface area contributed by atoms with Gasteiger partial charge in [0.15, 0.2) is 47.2 Å². The van der Waals surface area contributed by atoms with Crippen LogP contribution >= 0.6 is 0 Å². The number of ether oxygens (including phenoxy) is 12. The zero-order valence-corrected chi connectivity index (χ0v) is 53.6. The summed E-state index contributed by atoms with van der Waals surface area (Å²) >= 11 is 0. The van der Waals surface area contributed by atoms with Gasteiger partial charge in [-0.15, -0.1) is 0 Å². The van der Waals surface area contributed by atoms with Crippen LogP contribution in [-0.2, 0) is 105 Å². The molecule has 0 amide bonds. The fourth-order valence-electron chi connectivity index (χ4n) is 15.2. The number of ketones is 2. The Balaban J connectivity index is 0.000000242. The molecule has 500 valence electrons. The monoisotopic (exact) mass is 1300 g/mol. The first kappa shape index (κ1) is 70.2. The lowest BCUT2D eigenvalue weighted by Gasteiger charge is -2.65. The smallest absolute Gasteiger partial charge is 0.338 e. The highest BCUT2D eigenvalue weighted by Crippen LogP contribution is 2.70. The van der Waals surface area contributed by atoms with Gasteiger partial charge in [-0.25, -0.2) is 14.4 Å². The average molecular weight is 1300 g/mol. The van der Waals surface area contributed by atoms with E-state index < -0.39 is 202 Å². The third kappa shape index (κ3) is 12.4. The molecule has 26 nitrogen and oxygen atoms in total. The largest absolute Gasteiger partial charge is 0.465 e. The Hall–Kier alpha value is -8.72. The lowest BCUT2D eigenvalue weighted by atomic mass is 9.46. The van der Waals surface area contributed by atoms with Gasteiger partial charge in [0, 0.05) is 67.4 Å². The number of Topliss-reactive ketones (excluding diaryl/α,β-unsaturated/α-hetero) is 2. The minimum Gasteiger partial charge on any atom is -0.465 e. The fourth-order valence-corrected chi connectivity index (χ4v) is 15.2. The van der Waals surface area contributed by atoms with Gasteiger partial charge in [-0.1, -0.05) is 66.7 Å². The molecule has 93 heavy (non-hydrogen) atoms. The minimum absolute atomic E-state index is 0.0464. The van der Waals surface area contributed by atoms with Crippen molar-refractivity contribution in [3.8, 4) is 0 Å². The first-order valence-corrected chi connectivity index (χ1v) is 29.9. The number of carbonyl (C=O) groups is 12. The number of esters is 10. The first-order valence-electron chi connectivity index (χ1n) is 29.9. The molecule has 0 radical (unpaired) electrons. The molecule has 2 N–H and O–H groups in total. The highest BCUT2D eigenvalue weighted by Gasteiger charge is 2.90. The molecule has 9 rings (SSSR count). The molecule has 4 bridgehead atoms. The van der Waals surface area contributed by atoms with Crippen molar-refractivity contribution >= 4 is 77.3 Å². The van der Waals surface area contributed by atoms with Crippen molar-refractivity contribution in [2.45, 2.75) is 185 Å². The molecule has 6 aliphatic rings. The summed E-state index contributed by atoms with van der Waals surface area (Å²) in [6.45, 7) is 14.7. The van der Waals surface area contributed by atoms with Gasteiger partial charge in [0.05, 0.1) is 45.4 Å². The molecule has 16 atom stereocenters. The van der Waals surface area contributed by atoms with Crippen LogP contribution in [0.5, 0.6) is 0 Å². The Morgan fingerprint density at radius 3 is 1.10 bits per heavy atom. The maximum Gasteiger partial charge on any atom is 0.338 e. The van der Waals surface area contributed by atoms with E-state index in [0.717, 1.165) is 54.5 Å². The third-order valence-electron chi connectivity index (χ3n) is 18.2. The number of fused-ring (bicyclic) bond motifs is 2. The molecule has 4 aliphatic carbocycles. The van der Waals surface area contributed by atoms with Crippen molar-refractivity contribution in [1.82, 2.24) is 0 Å². The van der Waals surface area contributed by atoms with Gasteiger partial charge in [-0.2, -0.15) is 0 Å². The molecule has 16 unspecified atom stereocenters.